The summed E-state index contributed by atoms with van der Waals surface area (Å²) in [4.78, 5) is 0. The van der Waals surface area contributed by atoms with Crippen LogP contribution in [0, 0.1) is 0 Å². The van der Waals surface area contributed by atoms with E-state index in [1.54, 1.807) is 12.2 Å². The van der Waals surface area contributed by atoms with Crippen molar-refractivity contribution in [2.75, 3.05) is 52.9 Å². The van der Waals surface area contributed by atoms with E-state index in [9.17, 15) is 15.3 Å². The van der Waals surface area contributed by atoms with E-state index in [0.29, 0.717) is 13.2 Å². The molecule has 0 bridgehead atoms. The fraction of sp³-hybridized carbons (Fsp3) is 0.644. The Labute approximate surface area is 411 Å². The second kappa shape index (κ2) is 34.5. The predicted octanol–water partition coefficient (Wildman–Crippen LogP) is 6.90. The molecule has 2 rings (SSSR count). The van der Waals surface area contributed by atoms with Crippen molar-refractivity contribution in [1.82, 2.24) is 0 Å². The van der Waals surface area contributed by atoms with Gasteiger partial charge in [-0.25, -0.2) is 0 Å². The molecule has 3 atom stereocenters. The molecular weight excluding hydrogens is 973 g/mol. The van der Waals surface area contributed by atoms with E-state index >= 15 is 0 Å². The highest BCUT2D eigenvalue weighted by Gasteiger charge is 2.49. The molecule has 0 aromatic heterocycles. The fourth-order valence-corrected chi connectivity index (χ4v) is 38.0. The third-order valence-electron chi connectivity index (χ3n) is 8.55. The third-order valence-corrected chi connectivity index (χ3v) is 34.5. The fourth-order valence-electron chi connectivity index (χ4n) is 6.82. The summed E-state index contributed by atoms with van der Waals surface area (Å²) in [5.41, 5.74) is 0. The maximum absolute atomic E-state index is 9.60. The molecule has 66 heavy (non-hydrogen) atoms. The lowest BCUT2D eigenvalue weighted by Crippen LogP contribution is -2.69. The van der Waals surface area contributed by atoms with Crippen LogP contribution in [0.15, 0.2) is 86.0 Å². The average Bonchev–Trinajstić information content (AvgIpc) is 3.19. The van der Waals surface area contributed by atoms with Crippen LogP contribution in [0.25, 0.3) is 0 Å². The van der Waals surface area contributed by atoms with E-state index in [1.807, 2.05) is 12.1 Å². The van der Waals surface area contributed by atoms with Crippen LogP contribution in [0.4, 0.5) is 0 Å². The Balaban J connectivity index is 0.00000100. The van der Waals surface area contributed by atoms with Gasteiger partial charge in [-0.15, -0.1) is 13.2 Å². The molecule has 2 aromatic rings. The second-order valence-corrected chi connectivity index (χ2v) is 46.1. The molecule has 0 fully saturated rings. The van der Waals surface area contributed by atoms with E-state index in [0.717, 1.165) is 10.4 Å². The number of aliphatic hydroxyl groups excluding tert-OH is 3. The molecule has 13 nitrogen and oxygen atoms in total. The number of aliphatic hydroxyl groups is 3. The van der Waals surface area contributed by atoms with Crippen LogP contribution in [-0.4, -0.2) is 156 Å². The molecular formula is C45H92O13Si8. The Bertz CT molecular complexity index is 1460. The van der Waals surface area contributed by atoms with Gasteiger partial charge in [-0.05, 0) is 108 Å². The quantitative estimate of drug-likeness (QED) is 0.0387. The molecule has 3 N–H and O–H groups in total. The zero-order valence-corrected chi connectivity index (χ0v) is 52.0. The standard InChI is InChI=1S/C19H34O4Si5.C15H28O7.C11H30O2Si3/c1-24(2)20-26(5)22-28(18-14-10-8-11-15-18,19-16-12-9-13-17-19)23-27(6,7)21-25(3)4;1-3-5-19-7-13(16)9-21-11-15(18)12-22-10-14(17)8-20-6-4-2;1-9-10-11-15(5,6)13-16(7,8)12-14(2,3)4/h8-17,24-26H,1-7H3;3-4,13-18H,1-2,5-12H2;9-11H2,1-8H3. The number of rotatable bonds is 33. The Hall–Kier alpha value is -0.865. The average molecular weight is 1070 g/mol. The van der Waals surface area contributed by atoms with Crippen LogP contribution in [0.3, 0.4) is 0 Å². The summed E-state index contributed by atoms with van der Waals surface area (Å²) in [6.45, 7) is 41.4. The van der Waals surface area contributed by atoms with Crippen molar-refractivity contribution in [2.24, 2.45) is 0 Å². The first-order valence-corrected chi connectivity index (χ1v) is 45.1. The van der Waals surface area contributed by atoms with Gasteiger partial charge in [0.2, 0.25) is 0 Å². The van der Waals surface area contributed by atoms with Gasteiger partial charge in [0.1, 0.15) is 18.3 Å². The summed E-state index contributed by atoms with van der Waals surface area (Å²) in [7, 11) is -14.5. The Kier molecular flexibility index (Phi) is 34.0. The molecule has 0 saturated heterocycles. The normalized spacial score (nSPS) is 14.4. The summed E-state index contributed by atoms with van der Waals surface area (Å²) in [6, 6.07) is 22.1. The van der Waals surface area contributed by atoms with Gasteiger partial charge in [0.25, 0.3) is 9.28 Å². The van der Waals surface area contributed by atoms with Crippen LogP contribution in [0.1, 0.15) is 19.8 Å². The van der Waals surface area contributed by atoms with Crippen molar-refractivity contribution >= 4 is 80.1 Å². The summed E-state index contributed by atoms with van der Waals surface area (Å²) < 4.78 is 59.5. The minimum Gasteiger partial charge on any atom is -0.442 e. The lowest BCUT2D eigenvalue weighted by molar-refractivity contribution is -0.0692. The maximum atomic E-state index is 9.60. The van der Waals surface area contributed by atoms with Gasteiger partial charge in [-0.2, -0.15) is 0 Å². The van der Waals surface area contributed by atoms with E-state index in [2.05, 4.69) is 160 Å². The van der Waals surface area contributed by atoms with Crippen LogP contribution in [0.2, 0.25) is 97.7 Å². The lowest BCUT2D eigenvalue weighted by Gasteiger charge is -2.40. The largest absolute Gasteiger partial charge is 0.442 e. The van der Waals surface area contributed by atoms with Gasteiger partial charge in [0.05, 0.1) is 52.9 Å². The van der Waals surface area contributed by atoms with Gasteiger partial charge in [0, 0.05) is 0 Å². The first-order chi connectivity index (χ1) is 30.7. The van der Waals surface area contributed by atoms with E-state index in [4.69, 9.17) is 43.6 Å². The van der Waals surface area contributed by atoms with Crippen LogP contribution >= 0.6 is 0 Å². The highest BCUT2D eigenvalue weighted by molar-refractivity contribution is 7.00. The van der Waals surface area contributed by atoms with E-state index in [1.165, 1.54) is 18.9 Å². The number of unbranched alkanes of at least 4 members (excludes halogenated alkanes) is 1. The molecule has 0 heterocycles. The highest BCUT2D eigenvalue weighted by Crippen LogP contribution is 2.24. The second-order valence-electron chi connectivity index (χ2n) is 19.2. The SMILES string of the molecule is C=CCOCC(O)COCC(O)COCC(O)COCC=C.CCCC[Si](C)(C)O[Si](C)(C)O[Si](C)(C)C.C[SiH](C)O[SiH](C)O[Si](O[Si](C)(C)O[SiH](C)C)(c1ccccc1)c1ccccc1. The predicted molar refractivity (Wildman–Crippen MR) is 292 cm³/mol. The highest BCUT2D eigenvalue weighted by atomic mass is 28.5. The van der Waals surface area contributed by atoms with E-state index in [-0.39, 0.29) is 39.6 Å². The monoisotopic (exact) mass is 1060 g/mol. The van der Waals surface area contributed by atoms with Crippen LogP contribution in [0.5, 0.6) is 0 Å². The zero-order chi connectivity index (χ0) is 50.5. The number of hydrogen-bond donors (Lipinski definition) is 3. The van der Waals surface area contributed by atoms with Gasteiger partial charge >= 0.3 is 25.7 Å². The molecule has 0 spiro atoms. The molecule has 2 aromatic carbocycles. The van der Waals surface area contributed by atoms with Crippen molar-refractivity contribution in [1.29, 1.82) is 0 Å². The number of ether oxygens (including phenoxy) is 4. The van der Waals surface area contributed by atoms with Crippen LogP contribution in [-0.2, 0) is 43.6 Å². The molecule has 0 amide bonds. The molecule has 0 aliphatic rings. The van der Waals surface area contributed by atoms with Gasteiger partial charge in [0.15, 0.2) is 34.7 Å². The molecule has 0 saturated carbocycles. The van der Waals surface area contributed by atoms with Crippen molar-refractivity contribution < 1.29 is 59.0 Å². The molecule has 0 radical (unpaired) electrons. The molecule has 21 heteroatoms. The minimum atomic E-state index is -2.96. The van der Waals surface area contributed by atoms with Crippen molar-refractivity contribution in [3.05, 3.63) is 86.0 Å². The summed E-state index contributed by atoms with van der Waals surface area (Å²) in [5, 5.41) is 30.8. The summed E-state index contributed by atoms with van der Waals surface area (Å²) >= 11 is 0. The van der Waals surface area contributed by atoms with Gasteiger partial charge in [-0.3, -0.25) is 0 Å². The van der Waals surface area contributed by atoms with Crippen molar-refractivity contribution in [3.8, 4) is 0 Å². The topological polar surface area (TPSA) is 153 Å². The van der Waals surface area contributed by atoms with Crippen molar-refractivity contribution in [2.45, 2.75) is 136 Å². The number of hydrogen-bond acceptors (Lipinski definition) is 13. The third kappa shape index (κ3) is 32.9. The Morgan fingerprint density at radius 2 is 0.955 bits per heavy atom. The first-order valence-electron chi connectivity index (χ1n) is 23.5. The maximum Gasteiger partial charge on any atom is 0.389 e. The van der Waals surface area contributed by atoms with Crippen molar-refractivity contribution in [3.63, 3.8) is 0 Å². The summed E-state index contributed by atoms with van der Waals surface area (Å²) in [5.74, 6) is 0. The smallest absolute Gasteiger partial charge is 0.389 e. The Morgan fingerprint density at radius 1 is 0.545 bits per heavy atom. The Morgan fingerprint density at radius 3 is 1.30 bits per heavy atom. The van der Waals surface area contributed by atoms with E-state index < -0.39 is 88.0 Å². The summed E-state index contributed by atoms with van der Waals surface area (Å²) in [6.07, 6.45) is 3.39. The molecule has 3 unspecified atom stereocenters. The number of benzene rings is 2. The lowest BCUT2D eigenvalue weighted by atomic mass is 10.3. The zero-order valence-electron chi connectivity index (χ0n) is 43.5. The molecule has 382 valence electrons. The molecule has 0 aliphatic heterocycles. The molecule has 0 aliphatic carbocycles. The van der Waals surface area contributed by atoms with Gasteiger partial charge in [-0.1, -0.05) is 92.6 Å². The first kappa shape index (κ1) is 65.1. The van der Waals surface area contributed by atoms with Crippen LogP contribution < -0.4 is 10.4 Å². The minimum absolute atomic E-state index is 0.0293. The van der Waals surface area contributed by atoms with Gasteiger partial charge < -0.3 is 59.0 Å².